The van der Waals surface area contributed by atoms with Gasteiger partial charge >= 0.3 is 5.97 Å². The number of guanidine groups is 4. The van der Waals surface area contributed by atoms with Crippen LogP contribution in [0, 0.1) is 27.6 Å². The van der Waals surface area contributed by atoms with Crippen LogP contribution in [-0.2, 0) is 96.0 Å². The number of aliphatic carboxylic acids is 1. The van der Waals surface area contributed by atoms with Crippen molar-refractivity contribution in [2.24, 2.45) is 34.6 Å². The molecule has 8 fully saturated rings. The van der Waals surface area contributed by atoms with E-state index in [1.165, 1.54) is 63.3 Å². The molecule has 3 aromatic carbocycles. The van der Waals surface area contributed by atoms with E-state index >= 15 is 43.2 Å². The van der Waals surface area contributed by atoms with Crippen LogP contribution in [-0.4, -0.2) is 355 Å². The van der Waals surface area contributed by atoms with Crippen LogP contribution >= 0.6 is 0 Å². The first-order valence-corrected chi connectivity index (χ1v) is 50.6. The van der Waals surface area contributed by atoms with Gasteiger partial charge in [-0.05, 0) is 189 Å². The number of carbonyl (C=O) groups is 16. The monoisotopic (exact) mass is 2000 g/mol. The summed E-state index contributed by atoms with van der Waals surface area (Å²) in [5.41, 5.74) is 30.2. The third kappa shape index (κ3) is 29.2. The van der Waals surface area contributed by atoms with E-state index in [1.54, 1.807) is 79.7 Å². The maximum absolute atomic E-state index is 15.7. The molecule has 8 aliphatic rings. The molecule has 0 saturated carbocycles. The first-order valence-electron chi connectivity index (χ1n) is 50.6. The molecule has 0 aliphatic carbocycles. The Morgan fingerprint density at radius 1 is 0.368 bits per heavy atom. The number of nitrogens with zero attached hydrogens (tertiary/aromatic N) is 9. The number of benzene rings is 3. The van der Waals surface area contributed by atoms with Crippen molar-refractivity contribution < 1.29 is 86.9 Å². The number of carboxylic acid groups (broad SMARTS) is 1. The van der Waals surface area contributed by atoms with Crippen LogP contribution in [0.5, 0.6) is 5.75 Å². The van der Waals surface area contributed by atoms with E-state index < -0.39 is 197 Å². The number of carbonyl (C=O) groups excluding carboxylic acids is 15. The molecule has 8 saturated heterocycles. The SMILES string of the molecule is CC[C@H](C)[C@H](NC(=O)[C@@H]1CCCN1C(=O)[C@@H]1CCCN1C(=O)[C@H](CCCNC(=N)N)NC(=O)[C@@H](N)CCCNC(=N)N)C(=O)N[C@@H](CCCNC(=N)N)C(=O)N1CCC[C@H]1C(=O)N1CCC[C@H]1C(=O)N[C@@H](Cc1ccccc1)C(=O)N[C@@H](Cc1ccc(O)cc1)C(=O)N1CCC[C@H]1C(=O)N1CCC[C@H]1C(=O)N(C)[C@@H](Cc1ccccc1)C(=O)N[C@@H](CCCNC(=N)N)C(=O)N1CCC[C@H]1C(=O)N1CCC[C@H]1C(=O)O. The number of nitrogens with one attached hydrogen (secondary N) is 14. The van der Waals surface area contributed by atoms with Crippen molar-refractivity contribution >= 4 is 118 Å². The summed E-state index contributed by atoms with van der Waals surface area (Å²) < 4.78 is 0. The number of carboxylic acids is 1. The van der Waals surface area contributed by atoms with Crippen molar-refractivity contribution in [3.63, 3.8) is 0 Å². The van der Waals surface area contributed by atoms with Gasteiger partial charge in [0, 0.05) is 105 Å². The van der Waals surface area contributed by atoms with Gasteiger partial charge in [-0.1, -0.05) is 93.1 Å². The number of amides is 15. The molecule has 0 bridgehead atoms. The molecule has 26 N–H and O–H groups in total. The lowest BCUT2D eigenvalue weighted by molar-refractivity contribution is -0.152. The van der Waals surface area contributed by atoms with Gasteiger partial charge in [-0.3, -0.25) is 93.6 Å². The summed E-state index contributed by atoms with van der Waals surface area (Å²) in [5.74, 6) is -12.6. The Morgan fingerprint density at radius 2 is 0.681 bits per heavy atom. The molecular formula is C98H146N28O18. The molecule has 11 rings (SSSR count). The fourth-order valence-corrected chi connectivity index (χ4v) is 21.0. The van der Waals surface area contributed by atoms with Crippen LogP contribution in [0.15, 0.2) is 84.9 Å². The van der Waals surface area contributed by atoms with Gasteiger partial charge in [0.25, 0.3) is 0 Å². The predicted octanol–water partition coefficient (Wildman–Crippen LogP) is -2.41. The summed E-state index contributed by atoms with van der Waals surface area (Å²) in [5, 5.41) is 79.3. The molecule has 8 aliphatic heterocycles. The summed E-state index contributed by atoms with van der Waals surface area (Å²) in [6, 6.07) is 4.39. The highest BCUT2D eigenvalue weighted by Crippen LogP contribution is 2.34. The smallest absolute Gasteiger partial charge is 0.326 e. The van der Waals surface area contributed by atoms with Gasteiger partial charge in [0.15, 0.2) is 23.8 Å². The highest BCUT2D eigenvalue weighted by Gasteiger charge is 2.52. The van der Waals surface area contributed by atoms with Crippen molar-refractivity contribution in [3.8, 4) is 5.75 Å². The predicted molar refractivity (Wildman–Crippen MR) is 530 cm³/mol. The first kappa shape index (κ1) is 110. The molecule has 3 aromatic rings. The summed E-state index contributed by atoms with van der Waals surface area (Å²) in [6.45, 7) is 5.11. The Bertz CT molecular complexity index is 5080. The Labute approximate surface area is 838 Å². The highest BCUT2D eigenvalue weighted by atomic mass is 16.4. The Kier molecular flexibility index (Phi) is 40.5. The van der Waals surface area contributed by atoms with Crippen LogP contribution in [0.3, 0.4) is 0 Å². The lowest BCUT2D eigenvalue weighted by atomic mass is 9.96. The summed E-state index contributed by atoms with van der Waals surface area (Å²) in [6.07, 6.45) is 5.81. The molecule has 0 aromatic heterocycles. The number of aromatic hydroxyl groups is 1. The van der Waals surface area contributed by atoms with Gasteiger partial charge in [-0.2, -0.15) is 0 Å². The van der Waals surface area contributed by atoms with E-state index in [0.29, 0.717) is 80.9 Å². The molecule has 0 unspecified atom stereocenters. The van der Waals surface area contributed by atoms with Crippen LogP contribution in [0.4, 0.5) is 0 Å². The molecule has 15 amide bonds. The molecule has 17 atom stereocenters. The maximum atomic E-state index is 15.7. The molecule has 46 nitrogen and oxygen atoms in total. The molecular weight excluding hydrogens is 1860 g/mol. The fourth-order valence-electron chi connectivity index (χ4n) is 21.0. The van der Waals surface area contributed by atoms with Gasteiger partial charge in [0.2, 0.25) is 88.6 Å². The van der Waals surface area contributed by atoms with Crippen molar-refractivity contribution in [1.82, 2.24) is 97.3 Å². The molecule has 144 heavy (non-hydrogen) atoms. The number of phenolic OH excluding ortho intramolecular Hbond substituents is 1. The zero-order valence-electron chi connectivity index (χ0n) is 82.5. The first-order chi connectivity index (χ1) is 68.9. The number of likely N-dealkylation sites (N-methyl/N-ethyl adjacent to an activating group) is 1. The topological polar surface area (TPSA) is 689 Å². The van der Waals surface area contributed by atoms with Gasteiger partial charge in [0.05, 0.1) is 6.04 Å². The third-order valence-electron chi connectivity index (χ3n) is 28.8. The van der Waals surface area contributed by atoms with Gasteiger partial charge in [-0.15, -0.1) is 0 Å². The van der Waals surface area contributed by atoms with E-state index in [2.05, 4.69) is 53.2 Å². The highest BCUT2D eigenvalue weighted by molar-refractivity contribution is 6.02. The lowest BCUT2D eigenvalue weighted by Crippen LogP contribution is -2.61. The van der Waals surface area contributed by atoms with Crippen LogP contribution < -0.4 is 81.8 Å². The Hall–Kier alpha value is -14.0. The van der Waals surface area contributed by atoms with Crippen molar-refractivity contribution in [2.45, 2.75) is 290 Å². The normalized spacial score (nSPS) is 21.6. The Morgan fingerprint density at radius 3 is 1.08 bits per heavy atom. The average molecular weight is 2000 g/mol. The maximum Gasteiger partial charge on any atom is 0.326 e. The largest absolute Gasteiger partial charge is 0.508 e. The van der Waals surface area contributed by atoms with Crippen LogP contribution in [0.2, 0.25) is 0 Å². The second-order valence-corrected chi connectivity index (χ2v) is 38.8. The van der Waals surface area contributed by atoms with Gasteiger partial charge in [0.1, 0.15) is 96.4 Å². The van der Waals surface area contributed by atoms with E-state index in [0.717, 1.165) is 0 Å². The number of hydrogen-bond donors (Lipinski definition) is 21. The van der Waals surface area contributed by atoms with E-state index in [4.69, 9.17) is 50.3 Å². The second-order valence-electron chi connectivity index (χ2n) is 38.8. The van der Waals surface area contributed by atoms with Gasteiger partial charge in [-0.25, -0.2) is 4.79 Å². The molecule has 0 spiro atoms. The minimum atomic E-state index is -1.44. The molecule has 0 radical (unpaired) electrons. The van der Waals surface area contributed by atoms with Crippen LogP contribution in [0.25, 0.3) is 0 Å². The fraction of sp³-hybridized carbons (Fsp3) is 0.612. The van der Waals surface area contributed by atoms with E-state index in [9.17, 15) is 43.8 Å². The molecule has 786 valence electrons. The van der Waals surface area contributed by atoms with Crippen molar-refractivity contribution in [2.75, 3.05) is 85.6 Å². The van der Waals surface area contributed by atoms with Crippen LogP contribution in [0.1, 0.15) is 191 Å². The molecule has 46 heteroatoms. The van der Waals surface area contributed by atoms with E-state index in [-0.39, 0.29) is 224 Å². The van der Waals surface area contributed by atoms with Gasteiger partial charge < -0.3 is 136 Å². The number of nitrogens with two attached hydrogens (primary N) is 5. The summed E-state index contributed by atoms with van der Waals surface area (Å²) in [7, 11) is 1.44. The zero-order chi connectivity index (χ0) is 104. The number of hydrogen-bond acceptors (Lipinski definition) is 22. The standard InChI is InChI=1S/C98H146N28O18/c1-4-58(2)78(117-82(131)70-32-16-48-120(70)91(140)73-35-18-49-121(73)85(134)64(28-12-44-109-96(102)103)112-79(128)63(99)27-11-43-108-95(100)101)84(133)114-66(30-14-46-111-98(106)107)87(136)122-50-19-34-72(122)90(139)119-47-15-31-69(119)81(130)115-67(55-59-23-7-5-8-24-59)80(129)116-68(56-61-39-41-62(127)42-40-61)88(137)124-52-21-36-74(124)92(141)125-53-17-33-71(125)89(138)118(3)77(57-60-25-9-6-10-26-60)83(132)113-65(29-13-45-110-97(104)105)86(135)123-51-20-37-75(123)93(142)126-54-22-38-76(126)94(143)144/h5-10,23-26,39-42,58,63-78,127H,4,11-22,27-38,43-57,99H2,1-3H3,(H,112,128)(H,113,132)(H,114,133)(H,115,130)(H,116,129)(H,117,131)(H,143,144)(H4,100,101,108)(H4,102,103,109)(H4,104,105,110)(H4,106,107,111)/t58-,63-,64-,65-,66-,67-,68-,69-,70-,71-,72-,73-,74-,75-,76-,77-,78-/m0/s1. The minimum absolute atomic E-state index is 0.00333. The number of likely N-dealkylation sites (tertiary alicyclic amines) is 8. The van der Waals surface area contributed by atoms with Crippen molar-refractivity contribution in [1.29, 1.82) is 21.6 Å². The Balaban J connectivity index is 0.767. The quantitative estimate of drug-likeness (QED) is 0.0159. The third-order valence-corrected chi connectivity index (χ3v) is 28.8. The van der Waals surface area contributed by atoms with E-state index in [1.807, 2.05) is 6.92 Å². The average Bonchev–Trinajstić information content (AvgIpc) is 1.64. The summed E-state index contributed by atoms with van der Waals surface area (Å²) in [4.78, 5) is 250. The van der Waals surface area contributed by atoms with Crippen molar-refractivity contribution in [3.05, 3.63) is 102 Å². The summed E-state index contributed by atoms with van der Waals surface area (Å²) >= 11 is 0. The molecule has 8 heterocycles. The zero-order valence-corrected chi connectivity index (χ0v) is 82.5. The second kappa shape index (κ2) is 52.9. The number of rotatable bonds is 47. The lowest BCUT2D eigenvalue weighted by Gasteiger charge is -2.36. The minimum Gasteiger partial charge on any atom is -0.508 e. The number of phenols is 1.